The second-order valence-electron chi connectivity index (χ2n) is 8.03. The Kier molecular flexibility index (Phi) is 5.08. The Balaban J connectivity index is 1.97. The number of rotatable bonds is 4. The Morgan fingerprint density at radius 3 is 2.63 bits per heavy atom. The molecule has 2 aromatic carbocycles. The summed E-state index contributed by atoms with van der Waals surface area (Å²) in [5.74, 6) is -0.228. The zero-order chi connectivity index (χ0) is 21.4. The highest BCUT2D eigenvalue weighted by atomic mass is 16.1. The lowest BCUT2D eigenvalue weighted by molar-refractivity contribution is -0.115. The average molecular weight is 396 g/mol. The van der Waals surface area contributed by atoms with Crippen molar-refractivity contribution in [3.8, 4) is 5.69 Å². The van der Waals surface area contributed by atoms with E-state index in [0.29, 0.717) is 0 Å². The first-order chi connectivity index (χ1) is 14.3. The van der Waals surface area contributed by atoms with E-state index in [0.717, 1.165) is 44.2 Å². The van der Waals surface area contributed by atoms with Crippen LogP contribution >= 0.6 is 0 Å². The Morgan fingerprint density at radius 1 is 1.07 bits per heavy atom. The summed E-state index contributed by atoms with van der Waals surface area (Å²) in [5, 5.41) is 1.83. The molecule has 0 saturated carbocycles. The van der Waals surface area contributed by atoms with Gasteiger partial charge in [-0.3, -0.25) is 19.1 Å². The fourth-order valence-electron chi connectivity index (χ4n) is 3.79. The van der Waals surface area contributed by atoms with Crippen LogP contribution in [-0.2, 0) is 4.79 Å². The maximum absolute atomic E-state index is 13.0. The average Bonchev–Trinajstić information content (AvgIpc) is 2.72. The first kappa shape index (κ1) is 19.8. The van der Waals surface area contributed by atoms with Gasteiger partial charge in [-0.1, -0.05) is 36.3 Å². The molecule has 0 aliphatic heterocycles. The molecular weight excluding hydrogens is 372 g/mol. The van der Waals surface area contributed by atoms with Crippen molar-refractivity contribution in [1.82, 2.24) is 9.55 Å². The molecule has 0 fully saturated rings. The summed E-state index contributed by atoms with van der Waals surface area (Å²) in [6.45, 7) is 7.76. The van der Waals surface area contributed by atoms with Gasteiger partial charge in [-0.05, 0) is 62.7 Å². The molecule has 30 heavy (non-hydrogen) atoms. The Morgan fingerprint density at radius 2 is 1.87 bits per heavy atom. The van der Waals surface area contributed by atoms with Crippen molar-refractivity contribution < 1.29 is 4.79 Å². The van der Waals surface area contributed by atoms with E-state index in [2.05, 4.69) is 11.1 Å². The van der Waals surface area contributed by atoms with Crippen molar-refractivity contribution in [3.63, 3.8) is 0 Å². The zero-order valence-electron chi connectivity index (χ0n) is 17.6. The second kappa shape index (κ2) is 7.71. The number of fused-ring (bicyclic) bond motifs is 3. The molecule has 4 heteroatoms. The molecule has 0 aliphatic carbocycles. The van der Waals surface area contributed by atoms with E-state index < -0.39 is 0 Å². The lowest BCUT2D eigenvalue weighted by Gasteiger charge is -2.15. The Hall–Kier alpha value is -3.53. The minimum absolute atomic E-state index is 0.0580. The zero-order valence-corrected chi connectivity index (χ0v) is 17.6. The summed E-state index contributed by atoms with van der Waals surface area (Å²) in [6, 6.07) is 17.1. The van der Waals surface area contributed by atoms with Crippen molar-refractivity contribution in [2.75, 3.05) is 0 Å². The van der Waals surface area contributed by atoms with E-state index in [9.17, 15) is 9.59 Å². The highest BCUT2D eigenvalue weighted by Gasteiger charge is 2.15. The van der Waals surface area contributed by atoms with Gasteiger partial charge in [-0.15, -0.1) is 0 Å². The molecule has 0 bridgehead atoms. The van der Waals surface area contributed by atoms with Gasteiger partial charge in [-0.2, -0.15) is 0 Å². The van der Waals surface area contributed by atoms with Gasteiger partial charge in [0.25, 0.3) is 5.56 Å². The first-order valence-electron chi connectivity index (χ1n) is 10.1. The summed E-state index contributed by atoms with van der Waals surface area (Å²) >= 11 is 0. The van der Waals surface area contributed by atoms with Crippen molar-refractivity contribution in [3.05, 3.63) is 93.9 Å². The standard InChI is InChI=1S/C26H24N2O2/c1-16(2)12-24(29)18(4)19-6-5-7-21(14-19)28-25(30)11-9-20-15-27-23-10-8-17(3)13-22(23)26(20)28/h5-15,18H,1-4H3. The van der Waals surface area contributed by atoms with Crippen LogP contribution in [0.5, 0.6) is 0 Å². The van der Waals surface area contributed by atoms with Crippen LogP contribution in [0.1, 0.15) is 37.8 Å². The van der Waals surface area contributed by atoms with Gasteiger partial charge in [0.05, 0.1) is 11.0 Å². The van der Waals surface area contributed by atoms with Crippen LogP contribution in [0.25, 0.3) is 27.5 Å². The van der Waals surface area contributed by atoms with Crippen LogP contribution in [0, 0.1) is 6.92 Å². The monoisotopic (exact) mass is 396 g/mol. The van der Waals surface area contributed by atoms with Crippen molar-refractivity contribution in [2.45, 2.75) is 33.6 Å². The van der Waals surface area contributed by atoms with Gasteiger partial charge < -0.3 is 0 Å². The van der Waals surface area contributed by atoms with Crippen molar-refractivity contribution in [1.29, 1.82) is 0 Å². The highest BCUT2D eigenvalue weighted by Crippen LogP contribution is 2.27. The fourth-order valence-corrected chi connectivity index (χ4v) is 3.79. The molecule has 0 radical (unpaired) electrons. The topological polar surface area (TPSA) is 52.0 Å². The summed E-state index contributed by atoms with van der Waals surface area (Å²) in [7, 11) is 0. The van der Waals surface area contributed by atoms with Gasteiger partial charge in [0.15, 0.2) is 5.78 Å². The van der Waals surface area contributed by atoms with E-state index in [-0.39, 0.29) is 17.3 Å². The Bertz CT molecular complexity index is 1380. The quantitative estimate of drug-likeness (QED) is 0.339. The smallest absolute Gasteiger partial charge is 0.255 e. The number of hydrogen-bond donors (Lipinski definition) is 0. The molecule has 0 spiro atoms. The largest absolute Gasteiger partial charge is 0.294 e. The number of ketones is 1. The van der Waals surface area contributed by atoms with Crippen LogP contribution < -0.4 is 5.56 Å². The Labute approximate surface area is 175 Å². The van der Waals surface area contributed by atoms with Gasteiger partial charge in [-0.25, -0.2) is 0 Å². The third-order valence-electron chi connectivity index (χ3n) is 5.36. The second-order valence-corrected chi connectivity index (χ2v) is 8.03. The molecule has 0 aliphatic rings. The molecule has 1 atom stereocenters. The number of hydrogen-bond acceptors (Lipinski definition) is 3. The lowest BCUT2D eigenvalue weighted by Crippen LogP contribution is -2.18. The molecule has 4 aromatic rings. The fraction of sp³-hybridized carbons (Fsp3) is 0.192. The number of benzene rings is 2. The molecule has 0 saturated heterocycles. The van der Waals surface area contributed by atoms with E-state index in [1.807, 2.05) is 70.2 Å². The van der Waals surface area contributed by atoms with Crippen LogP contribution in [-0.4, -0.2) is 15.3 Å². The number of allylic oxidation sites excluding steroid dienone is 2. The molecule has 0 N–H and O–H groups in total. The molecule has 2 aromatic heterocycles. The van der Waals surface area contributed by atoms with Gasteiger partial charge in [0.2, 0.25) is 0 Å². The minimum atomic E-state index is -0.286. The SMILES string of the molecule is CC(C)=CC(=O)C(C)c1cccc(-n2c(=O)ccc3cnc4ccc(C)cc4c32)c1. The summed E-state index contributed by atoms with van der Waals surface area (Å²) < 4.78 is 1.72. The maximum Gasteiger partial charge on any atom is 0.255 e. The molecule has 4 rings (SSSR count). The van der Waals surface area contributed by atoms with E-state index in [1.54, 1.807) is 22.9 Å². The number of aryl methyl sites for hydroxylation is 1. The molecular formula is C26H24N2O2. The number of pyridine rings is 2. The van der Waals surface area contributed by atoms with Crippen molar-refractivity contribution in [2.24, 2.45) is 0 Å². The third-order valence-corrected chi connectivity index (χ3v) is 5.36. The molecule has 0 amide bonds. The lowest BCUT2D eigenvalue weighted by atomic mass is 9.95. The summed E-state index contributed by atoms with van der Waals surface area (Å²) in [6.07, 6.45) is 3.47. The number of carbonyl (C=O) groups is 1. The van der Waals surface area contributed by atoms with Gasteiger partial charge in [0.1, 0.15) is 0 Å². The van der Waals surface area contributed by atoms with Crippen LogP contribution in [0.3, 0.4) is 0 Å². The van der Waals surface area contributed by atoms with E-state index >= 15 is 0 Å². The molecule has 1 unspecified atom stereocenters. The molecule has 2 heterocycles. The predicted molar refractivity (Wildman–Crippen MR) is 122 cm³/mol. The van der Waals surface area contributed by atoms with Crippen LogP contribution in [0.2, 0.25) is 0 Å². The van der Waals surface area contributed by atoms with E-state index in [4.69, 9.17) is 0 Å². The number of carbonyl (C=O) groups excluding carboxylic acids is 1. The normalized spacial score (nSPS) is 12.1. The minimum Gasteiger partial charge on any atom is -0.294 e. The number of aromatic nitrogens is 2. The first-order valence-corrected chi connectivity index (χ1v) is 10.1. The molecule has 150 valence electrons. The molecule has 4 nitrogen and oxygen atoms in total. The predicted octanol–water partition coefficient (Wildman–Crippen LogP) is 5.49. The highest BCUT2D eigenvalue weighted by molar-refractivity contribution is 6.04. The number of nitrogens with zero attached hydrogens (tertiary/aromatic N) is 2. The summed E-state index contributed by atoms with van der Waals surface area (Å²) in [5.41, 5.74) is 5.27. The van der Waals surface area contributed by atoms with Gasteiger partial charge >= 0.3 is 0 Å². The summed E-state index contributed by atoms with van der Waals surface area (Å²) in [4.78, 5) is 30.1. The van der Waals surface area contributed by atoms with Gasteiger partial charge in [0, 0.05) is 34.6 Å². The van der Waals surface area contributed by atoms with Crippen LogP contribution in [0.15, 0.2) is 77.2 Å². The van der Waals surface area contributed by atoms with Crippen LogP contribution in [0.4, 0.5) is 0 Å². The third kappa shape index (κ3) is 3.57. The van der Waals surface area contributed by atoms with E-state index in [1.165, 1.54) is 0 Å². The van der Waals surface area contributed by atoms with Crippen molar-refractivity contribution >= 4 is 27.6 Å². The maximum atomic E-state index is 13.0.